The first kappa shape index (κ1) is 22.9. The van der Waals surface area contributed by atoms with Crippen molar-refractivity contribution in [2.24, 2.45) is 0 Å². The zero-order valence-electron chi connectivity index (χ0n) is 18.9. The monoisotopic (exact) mass is 491 g/mol. The molecule has 0 aliphatic carbocycles. The lowest BCUT2D eigenvalue weighted by Gasteiger charge is -2.37. The molecule has 0 spiro atoms. The van der Waals surface area contributed by atoms with E-state index in [0.717, 1.165) is 5.69 Å². The van der Waals surface area contributed by atoms with Crippen LogP contribution >= 0.6 is 11.6 Å². The van der Waals surface area contributed by atoms with Crippen LogP contribution in [0.2, 0.25) is 5.02 Å². The van der Waals surface area contributed by atoms with Gasteiger partial charge in [0.05, 0.1) is 5.69 Å². The number of amides is 2. The van der Waals surface area contributed by atoms with Crippen LogP contribution < -0.4 is 14.5 Å². The predicted molar refractivity (Wildman–Crippen MR) is 134 cm³/mol. The number of carbonyl (C=O) groups excluding carboxylic acids is 2. The van der Waals surface area contributed by atoms with Gasteiger partial charge in [-0.05, 0) is 54.1 Å². The number of hydrogen-bond donors (Lipinski definition) is 0. The molecule has 0 N–H and O–H groups in total. The first-order valence-electron chi connectivity index (χ1n) is 11.3. The van der Waals surface area contributed by atoms with Gasteiger partial charge in [-0.2, -0.15) is 0 Å². The molecule has 3 aromatic rings. The van der Waals surface area contributed by atoms with E-state index in [4.69, 9.17) is 16.3 Å². The van der Waals surface area contributed by atoms with Gasteiger partial charge in [0.25, 0.3) is 5.91 Å². The van der Waals surface area contributed by atoms with Crippen molar-refractivity contribution in [3.8, 4) is 5.75 Å². The van der Waals surface area contributed by atoms with Crippen molar-refractivity contribution < 1.29 is 18.7 Å². The number of nitrogens with zero attached hydrogens (tertiary/aromatic N) is 3. The molecule has 6 nitrogen and oxygen atoms in total. The summed E-state index contributed by atoms with van der Waals surface area (Å²) in [7, 11) is 0. The topological polar surface area (TPSA) is 53.1 Å². The second-order valence-electron chi connectivity index (χ2n) is 8.37. The molecule has 0 saturated carbocycles. The first-order valence-corrected chi connectivity index (χ1v) is 11.7. The Morgan fingerprint density at radius 1 is 0.971 bits per heavy atom. The average Bonchev–Trinajstić information content (AvgIpc) is 2.88. The molecule has 1 saturated heterocycles. The summed E-state index contributed by atoms with van der Waals surface area (Å²) in [5, 5.41) is 0.676. The summed E-state index contributed by atoms with van der Waals surface area (Å²) in [6.45, 7) is 2.34. The number of fused-ring (bicyclic) bond motifs is 1. The van der Waals surface area contributed by atoms with Crippen molar-refractivity contribution in [2.45, 2.75) is 0 Å². The molecule has 2 aliphatic rings. The Kier molecular flexibility index (Phi) is 6.42. The minimum Gasteiger partial charge on any atom is -0.449 e. The molecule has 2 aliphatic heterocycles. The van der Waals surface area contributed by atoms with Gasteiger partial charge in [0.2, 0.25) is 5.91 Å². The van der Waals surface area contributed by atoms with Crippen molar-refractivity contribution in [1.29, 1.82) is 0 Å². The Balaban J connectivity index is 1.31. The highest BCUT2D eigenvalue weighted by atomic mass is 35.5. The van der Waals surface area contributed by atoms with Crippen LogP contribution in [0.25, 0.3) is 6.08 Å². The first-order chi connectivity index (χ1) is 17.0. The van der Waals surface area contributed by atoms with Crippen LogP contribution in [0.3, 0.4) is 0 Å². The zero-order valence-corrected chi connectivity index (χ0v) is 19.6. The van der Waals surface area contributed by atoms with Crippen LogP contribution in [-0.2, 0) is 9.59 Å². The van der Waals surface area contributed by atoms with E-state index in [0.29, 0.717) is 48.2 Å². The van der Waals surface area contributed by atoms with Crippen LogP contribution in [0, 0.1) is 5.82 Å². The van der Waals surface area contributed by atoms with Crippen molar-refractivity contribution in [3.63, 3.8) is 0 Å². The van der Waals surface area contributed by atoms with E-state index in [2.05, 4.69) is 4.90 Å². The van der Waals surface area contributed by atoms with Crippen LogP contribution in [0.1, 0.15) is 5.56 Å². The van der Waals surface area contributed by atoms with E-state index >= 15 is 0 Å². The molecule has 1 fully saturated rings. The third-order valence-corrected chi connectivity index (χ3v) is 6.33. The molecule has 0 aromatic heterocycles. The molecule has 0 unspecified atom stereocenters. The Morgan fingerprint density at radius 2 is 1.71 bits per heavy atom. The normalized spacial score (nSPS) is 16.8. The maximum absolute atomic E-state index is 13.3. The quantitative estimate of drug-likeness (QED) is 0.501. The fourth-order valence-corrected chi connectivity index (χ4v) is 4.44. The highest BCUT2D eigenvalue weighted by molar-refractivity contribution is 6.30. The lowest BCUT2D eigenvalue weighted by Crippen LogP contribution is -2.52. The SMILES string of the molecule is O=C(CN1C(=O)/C(=C\c2ccc(F)cc2)Oc2ccccc21)N1CCN(c2cccc(Cl)c2)CC1. The van der Waals surface area contributed by atoms with Gasteiger partial charge in [-0.25, -0.2) is 4.39 Å². The van der Waals surface area contributed by atoms with Crippen molar-refractivity contribution in [2.75, 3.05) is 42.5 Å². The molecule has 2 amide bonds. The molecule has 0 bridgehead atoms. The molecular weight excluding hydrogens is 469 g/mol. The van der Waals surface area contributed by atoms with E-state index in [1.807, 2.05) is 24.3 Å². The number of halogens is 2. The largest absolute Gasteiger partial charge is 0.449 e. The number of carbonyl (C=O) groups is 2. The number of benzene rings is 3. The molecular formula is C27H23ClFN3O3. The van der Waals surface area contributed by atoms with E-state index < -0.39 is 5.91 Å². The number of ether oxygens (including phenoxy) is 1. The van der Waals surface area contributed by atoms with Gasteiger partial charge in [0, 0.05) is 36.9 Å². The number of para-hydroxylation sites is 2. The van der Waals surface area contributed by atoms with E-state index in [1.165, 1.54) is 17.0 Å². The predicted octanol–water partition coefficient (Wildman–Crippen LogP) is 4.59. The summed E-state index contributed by atoms with van der Waals surface area (Å²) in [6, 6.07) is 20.5. The summed E-state index contributed by atoms with van der Waals surface area (Å²) in [5.41, 5.74) is 2.19. The van der Waals surface area contributed by atoms with Crippen LogP contribution in [0.15, 0.2) is 78.6 Å². The van der Waals surface area contributed by atoms with Crippen LogP contribution in [-0.4, -0.2) is 49.4 Å². The second-order valence-corrected chi connectivity index (χ2v) is 8.81. The number of rotatable bonds is 4. The Morgan fingerprint density at radius 3 is 2.46 bits per heavy atom. The van der Waals surface area contributed by atoms with Gasteiger partial charge >= 0.3 is 0 Å². The molecule has 8 heteroatoms. The van der Waals surface area contributed by atoms with Gasteiger partial charge in [0.1, 0.15) is 12.4 Å². The number of hydrogen-bond acceptors (Lipinski definition) is 4. The zero-order chi connectivity index (χ0) is 24.4. The fourth-order valence-electron chi connectivity index (χ4n) is 4.25. The van der Waals surface area contributed by atoms with Gasteiger partial charge in [-0.1, -0.05) is 41.9 Å². The average molecular weight is 492 g/mol. The lowest BCUT2D eigenvalue weighted by molar-refractivity contribution is -0.131. The summed E-state index contributed by atoms with van der Waals surface area (Å²) in [5.74, 6) is -0.357. The molecule has 0 atom stereocenters. The molecule has 35 heavy (non-hydrogen) atoms. The third kappa shape index (κ3) is 5.00. The van der Waals surface area contributed by atoms with Gasteiger partial charge in [-0.15, -0.1) is 0 Å². The van der Waals surface area contributed by atoms with E-state index in [1.54, 1.807) is 47.4 Å². The number of anilines is 2. The maximum atomic E-state index is 13.3. The Bertz CT molecular complexity index is 1290. The van der Waals surface area contributed by atoms with Crippen molar-refractivity contribution in [3.05, 3.63) is 95.0 Å². The summed E-state index contributed by atoms with van der Waals surface area (Å²) in [4.78, 5) is 31.9. The summed E-state index contributed by atoms with van der Waals surface area (Å²) in [6.07, 6.45) is 1.55. The van der Waals surface area contributed by atoms with Crippen molar-refractivity contribution in [1.82, 2.24) is 4.90 Å². The lowest BCUT2D eigenvalue weighted by atomic mass is 10.1. The van der Waals surface area contributed by atoms with E-state index in [9.17, 15) is 14.0 Å². The Labute approximate surface area is 207 Å². The van der Waals surface area contributed by atoms with Gasteiger partial charge in [0.15, 0.2) is 11.5 Å². The van der Waals surface area contributed by atoms with E-state index in [-0.39, 0.29) is 24.0 Å². The van der Waals surface area contributed by atoms with Gasteiger partial charge < -0.3 is 14.5 Å². The molecule has 5 rings (SSSR count). The highest BCUT2D eigenvalue weighted by Crippen LogP contribution is 2.35. The third-order valence-electron chi connectivity index (χ3n) is 6.10. The molecule has 3 aromatic carbocycles. The summed E-state index contributed by atoms with van der Waals surface area (Å²) >= 11 is 6.12. The van der Waals surface area contributed by atoms with Gasteiger partial charge in [-0.3, -0.25) is 14.5 Å². The van der Waals surface area contributed by atoms with Crippen LogP contribution in [0.5, 0.6) is 5.75 Å². The highest BCUT2D eigenvalue weighted by Gasteiger charge is 2.33. The van der Waals surface area contributed by atoms with Crippen LogP contribution in [0.4, 0.5) is 15.8 Å². The molecule has 0 radical (unpaired) electrons. The summed E-state index contributed by atoms with van der Waals surface area (Å²) < 4.78 is 19.1. The smallest absolute Gasteiger partial charge is 0.294 e. The fraction of sp³-hybridized carbons (Fsp3) is 0.185. The molecule has 2 heterocycles. The minimum absolute atomic E-state index is 0.0777. The molecule has 178 valence electrons. The van der Waals surface area contributed by atoms with Crippen molar-refractivity contribution >= 4 is 40.9 Å². The number of piperazine rings is 1. The Hall–Kier alpha value is -3.84. The standard InChI is InChI=1S/C27H23ClFN3O3/c28-20-4-3-5-22(17-20)30-12-14-31(15-13-30)26(33)18-32-23-6-1-2-7-24(23)35-25(27(32)34)16-19-8-10-21(29)11-9-19/h1-11,16-17H,12-15,18H2/b25-16+. The second kappa shape index (κ2) is 9.80. The maximum Gasteiger partial charge on any atom is 0.294 e. The minimum atomic E-state index is -0.418.